The highest BCUT2D eigenvalue weighted by atomic mass is 16.1. The van der Waals surface area contributed by atoms with E-state index in [1.807, 2.05) is 48.5 Å². The van der Waals surface area contributed by atoms with Gasteiger partial charge in [0.05, 0.1) is 5.70 Å². The van der Waals surface area contributed by atoms with E-state index in [0.29, 0.717) is 0 Å². The first-order valence-corrected chi connectivity index (χ1v) is 8.89. The van der Waals surface area contributed by atoms with E-state index in [9.17, 15) is 4.79 Å². The van der Waals surface area contributed by atoms with Gasteiger partial charge in [-0.25, -0.2) is 0 Å². The van der Waals surface area contributed by atoms with Crippen molar-refractivity contribution in [2.24, 2.45) is 0 Å². The molecule has 0 radical (unpaired) electrons. The SMILES string of the molecule is O=C(/C=C(\c1ccccc1)n1ccc2c1CCCC2)c1ccccc1. The van der Waals surface area contributed by atoms with E-state index in [1.165, 1.54) is 24.1 Å². The van der Waals surface area contributed by atoms with Gasteiger partial charge in [-0.15, -0.1) is 0 Å². The molecule has 0 bridgehead atoms. The predicted octanol–water partition coefficient (Wildman–Crippen LogP) is 5.14. The molecule has 0 amide bonds. The van der Waals surface area contributed by atoms with Crippen LogP contribution < -0.4 is 0 Å². The summed E-state index contributed by atoms with van der Waals surface area (Å²) < 4.78 is 2.21. The number of ketones is 1. The minimum absolute atomic E-state index is 0.0395. The second-order valence-corrected chi connectivity index (χ2v) is 6.49. The molecule has 1 heterocycles. The molecule has 3 aromatic rings. The van der Waals surface area contributed by atoms with E-state index in [1.54, 1.807) is 6.08 Å². The van der Waals surface area contributed by atoms with Crippen molar-refractivity contribution in [3.8, 4) is 0 Å². The number of hydrogen-bond acceptors (Lipinski definition) is 1. The summed E-state index contributed by atoms with van der Waals surface area (Å²) in [7, 11) is 0. The standard InChI is InChI=1S/C23H21NO/c25-23(20-12-5-2-6-13-20)17-22(18-9-3-1-4-10-18)24-16-15-19-11-7-8-14-21(19)24/h1-6,9-10,12-13,15-17H,7-8,11,14H2/b22-17+. The molecule has 0 fully saturated rings. The molecule has 0 N–H and O–H groups in total. The van der Waals surface area contributed by atoms with Gasteiger partial charge in [-0.05, 0) is 42.9 Å². The van der Waals surface area contributed by atoms with Crippen molar-refractivity contribution in [1.29, 1.82) is 0 Å². The molecule has 0 spiro atoms. The Morgan fingerprint density at radius 3 is 2.16 bits per heavy atom. The number of nitrogens with zero attached hydrogens (tertiary/aromatic N) is 1. The van der Waals surface area contributed by atoms with E-state index < -0.39 is 0 Å². The van der Waals surface area contributed by atoms with Gasteiger partial charge < -0.3 is 4.57 Å². The topological polar surface area (TPSA) is 22.0 Å². The number of aromatic nitrogens is 1. The predicted molar refractivity (Wildman–Crippen MR) is 102 cm³/mol. The average Bonchev–Trinajstić information content (AvgIpc) is 3.11. The van der Waals surface area contributed by atoms with Gasteiger partial charge in [-0.2, -0.15) is 0 Å². The van der Waals surface area contributed by atoms with Gasteiger partial charge in [-0.3, -0.25) is 4.79 Å². The number of benzene rings is 2. The zero-order valence-electron chi connectivity index (χ0n) is 14.2. The molecule has 1 aliphatic rings. The third-order valence-corrected chi connectivity index (χ3v) is 4.85. The maximum absolute atomic E-state index is 12.8. The molecule has 124 valence electrons. The quantitative estimate of drug-likeness (QED) is 0.480. The number of allylic oxidation sites excluding steroid dienone is 1. The summed E-state index contributed by atoms with van der Waals surface area (Å²) in [5.41, 5.74) is 5.51. The lowest BCUT2D eigenvalue weighted by Crippen LogP contribution is -2.10. The molecule has 0 saturated heterocycles. The molecular weight excluding hydrogens is 306 g/mol. The molecule has 2 aromatic carbocycles. The van der Waals surface area contributed by atoms with Gasteiger partial charge >= 0.3 is 0 Å². The highest BCUT2D eigenvalue weighted by Gasteiger charge is 2.17. The molecule has 2 nitrogen and oxygen atoms in total. The van der Waals surface area contributed by atoms with Crippen LogP contribution in [0.4, 0.5) is 0 Å². The Balaban J connectivity index is 1.82. The van der Waals surface area contributed by atoms with Gasteiger partial charge in [-0.1, -0.05) is 60.7 Å². The normalized spacial score (nSPS) is 14.2. The van der Waals surface area contributed by atoms with Crippen LogP contribution in [0.3, 0.4) is 0 Å². The van der Waals surface area contributed by atoms with Crippen molar-refractivity contribution in [3.05, 3.63) is 101 Å². The largest absolute Gasteiger partial charge is 0.320 e. The second-order valence-electron chi connectivity index (χ2n) is 6.49. The van der Waals surface area contributed by atoms with Gasteiger partial charge in [0, 0.05) is 23.5 Å². The van der Waals surface area contributed by atoms with E-state index in [2.05, 4.69) is 29.0 Å². The molecule has 0 unspecified atom stereocenters. The van der Waals surface area contributed by atoms with Gasteiger partial charge in [0.2, 0.25) is 0 Å². The van der Waals surface area contributed by atoms with Crippen LogP contribution in [0.1, 0.15) is 40.0 Å². The van der Waals surface area contributed by atoms with Crippen molar-refractivity contribution in [1.82, 2.24) is 4.57 Å². The van der Waals surface area contributed by atoms with Crippen LogP contribution >= 0.6 is 0 Å². The third-order valence-electron chi connectivity index (χ3n) is 4.85. The highest BCUT2D eigenvalue weighted by Crippen LogP contribution is 2.28. The summed E-state index contributed by atoms with van der Waals surface area (Å²) >= 11 is 0. The molecule has 1 aliphatic carbocycles. The van der Waals surface area contributed by atoms with Crippen LogP contribution in [0.2, 0.25) is 0 Å². The van der Waals surface area contributed by atoms with E-state index in [4.69, 9.17) is 0 Å². The van der Waals surface area contributed by atoms with E-state index in [-0.39, 0.29) is 5.78 Å². The Kier molecular flexibility index (Phi) is 4.34. The number of aryl methyl sites for hydroxylation is 1. The number of carbonyl (C=O) groups is 1. The van der Waals surface area contributed by atoms with Crippen molar-refractivity contribution < 1.29 is 4.79 Å². The van der Waals surface area contributed by atoms with Crippen molar-refractivity contribution in [2.45, 2.75) is 25.7 Å². The molecule has 1 aromatic heterocycles. The summed E-state index contributed by atoms with van der Waals surface area (Å²) in [5, 5.41) is 0. The van der Waals surface area contributed by atoms with Crippen LogP contribution in [0, 0.1) is 0 Å². The van der Waals surface area contributed by atoms with Crippen molar-refractivity contribution in [2.75, 3.05) is 0 Å². The Morgan fingerprint density at radius 2 is 1.44 bits per heavy atom. The molecular formula is C23H21NO. The fourth-order valence-electron chi connectivity index (χ4n) is 3.56. The van der Waals surface area contributed by atoms with Crippen LogP contribution in [0.25, 0.3) is 5.70 Å². The van der Waals surface area contributed by atoms with Gasteiger partial charge in [0.1, 0.15) is 0 Å². The first kappa shape index (κ1) is 15.6. The maximum atomic E-state index is 12.8. The fourth-order valence-corrected chi connectivity index (χ4v) is 3.56. The average molecular weight is 327 g/mol. The summed E-state index contributed by atoms with van der Waals surface area (Å²) in [4.78, 5) is 12.8. The first-order chi connectivity index (χ1) is 12.3. The number of fused-ring (bicyclic) bond motifs is 1. The van der Waals surface area contributed by atoms with Crippen LogP contribution in [-0.4, -0.2) is 10.4 Å². The fraction of sp³-hybridized carbons (Fsp3) is 0.174. The summed E-state index contributed by atoms with van der Waals surface area (Å²) in [6.07, 6.45) is 8.58. The zero-order valence-corrected chi connectivity index (χ0v) is 14.2. The zero-order chi connectivity index (χ0) is 17.1. The lowest BCUT2D eigenvalue weighted by atomic mass is 9.97. The molecule has 0 saturated carbocycles. The Hall–Kier alpha value is -2.87. The molecule has 4 rings (SSSR count). The van der Waals surface area contributed by atoms with Gasteiger partial charge in [0.25, 0.3) is 0 Å². The number of rotatable bonds is 4. The lowest BCUT2D eigenvalue weighted by Gasteiger charge is -2.18. The lowest BCUT2D eigenvalue weighted by molar-refractivity contribution is 0.104. The van der Waals surface area contributed by atoms with Crippen LogP contribution in [0.15, 0.2) is 79.0 Å². The molecule has 0 aliphatic heterocycles. The number of carbonyl (C=O) groups excluding carboxylic acids is 1. The van der Waals surface area contributed by atoms with Gasteiger partial charge in [0.15, 0.2) is 5.78 Å². The summed E-state index contributed by atoms with van der Waals surface area (Å²) in [5.74, 6) is 0.0395. The maximum Gasteiger partial charge on any atom is 0.187 e. The summed E-state index contributed by atoms with van der Waals surface area (Å²) in [6.45, 7) is 0. The molecule has 25 heavy (non-hydrogen) atoms. The van der Waals surface area contributed by atoms with Crippen LogP contribution in [0.5, 0.6) is 0 Å². The monoisotopic (exact) mass is 327 g/mol. The molecule has 2 heteroatoms. The highest BCUT2D eigenvalue weighted by molar-refractivity contribution is 6.08. The van der Waals surface area contributed by atoms with Crippen molar-refractivity contribution >= 4 is 11.5 Å². The van der Waals surface area contributed by atoms with Crippen LogP contribution in [-0.2, 0) is 12.8 Å². The first-order valence-electron chi connectivity index (χ1n) is 8.89. The minimum Gasteiger partial charge on any atom is -0.320 e. The van der Waals surface area contributed by atoms with Crippen molar-refractivity contribution in [3.63, 3.8) is 0 Å². The Bertz CT molecular complexity index is 904. The number of hydrogen-bond donors (Lipinski definition) is 0. The Labute approximate surface area is 148 Å². The Morgan fingerprint density at radius 1 is 0.800 bits per heavy atom. The molecule has 0 atom stereocenters. The van der Waals surface area contributed by atoms with E-state index >= 15 is 0 Å². The second kappa shape index (κ2) is 6.94. The van der Waals surface area contributed by atoms with E-state index in [0.717, 1.165) is 29.7 Å². The third kappa shape index (κ3) is 3.20. The smallest absolute Gasteiger partial charge is 0.187 e. The minimum atomic E-state index is 0.0395. The summed E-state index contributed by atoms with van der Waals surface area (Å²) in [6, 6.07) is 21.9.